The van der Waals surface area contributed by atoms with Crippen molar-refractivity contribution in [3.8, 4) is 11.5 Å². The summed E-state index contributed by atoms with van der Waals surface area (Å²) in [5.41, 5.74) is 2.03. The van der Waals surface area contributed by atoms with E-state index in [9.17, 15) is 4.79 Å². The van der Waals surface area contributed by atoms with E-state index < -0.39 is 5.97 Å². The second-order valence-corrected chi connectivity index (χ2v) is 5.66. The fraction of sp³-hybridized carbons (Fsp3) is 0.357. The van der Waals surface area contributed by atoms with Crippen molar-refractivity contribution in [1.82, 2.24) is 10.2 Å². The van der Waals surface area contributed by atoms with Crippen LogP contribution in [0.3, 0.4) is 0 Å². The summed E-state index contributed by atoms with van der Waals surface area (Å²) in [7, 11) is 0. The lowest BCUT2D eigenvalue weighted by molar-refractivity contribution is -0.140. The Morgan fingerprint density at radius 1 is 1.45 bits per heavy atom. The second-order valence-electron chi connectivity index (χ2n) is 4.62. The van der Waals surface area contributed by atoms with Crippen LogP contribution in [0.1, 0.15) is 18.4 Å². The predicted octanol–water partition coefficient (Wildman–Crippen LogP) is 3.00. The maximum Gasteiger partial charge on any atom is 0.307 e. The molecule has 0 bridgehead atoms. The first-order valence-electron chi connectivity index (χ1n) is 6.26. The van der Waals surface area contributed by atoms with Gasteiger partial charge in [0.25, 0.3) is 0 Å². The number of aromatic nitrogens is 2. The number of carboxylic acids is 1. The summed E-state index contributed by atoms with van der Waals surface area (Å²) in [6.45, 7) is 3.69. The van der Waals surface area contributed by atoms with E-state index in [2.05, 4.69) is 10.2 Å². The number of carboxylic acid groups (broad SMARTS) is 1. The van der Waals surface area contributed by atoms with Crippen molar-refractivity contribution in [2.75, 3.05) is 5.75 Å². The van der Waals surface area contributed by atoms with Crippen LogP contribution in [0.4, 0.5) is 0 Å². The highest BCUT2D eigenvalue weighted by atomic mass is 32.2. The normalized spacial score (nSPS) is 12.3. The number of aryl methyl sites for hydroxylation is 1. The molecule has 20 heavy (non-hydrogen) atoms. The zero-order chi connectivity index (χ0) is 14.5. The molecule has 0 saturated heterocycles. The number of carbonyl (C=O) groups is 1. The molecule has 2 aromatic rings. The summed E-state index contributed by atoms with van der Waals surface area (Å²) in [5, 5.41) is 16.8. The first-order valence-corrected chi connectivity index (χ1v) is 7.41. The van der Waals surface area contributed by atoms with Gasteiger partial charge in [-0.15, -0.1) is 10.2 Å². The predicted molar refractivity (Wildman–Crippen MR) is 77.4 cm³/mol. The van der Waals surface area contributed by atoms with Crippen molar-refractivity contribution in [2.45, 2.75) is 19.6 Å². The van der Waals surface area contributed by atoms with E-state index in [0.29, 0.717) is 23.3 Å². The van der Waals surface area contributed by atoms with E-state index in [1.165, 1.54) is 11.8 Å². The van der Waals surface area contributed by atoms with Gasteiger partial charge in [-0.2, -0.15) is 11.8 Å². The van der Waals surface area contributed by atoms with E-state index in [4.69, 9.17) is 9.52 Å². The lowest BCUT2D eigenvalue weighted by atomic mass is 10.1. The molecule has 0 amide bonds. The number of hydrogen-bond acceptors (Lipinski definition) is 5. The highest BCUT2D eigenvalue weighted by molar-refractivity contribution is 7.98. The van der Waals surface area contributed by atoms with E-state index >= 15 is 0 Å². The van der Waals surface area contributed by atoms with Gasteiger partial charge in [-0.25, -0.2) is 0 Å². The van der Waals surface area contributed by atoms with Gasteiger partial charge in [0.15, 0.2) is 0 Å². The van der Waals surface area contributed by atoms with Crippen molar-refractivity contribution in [2.24, 2.45) is 5.92 Å². The number of aliphatic carboxylic acids is 1. The lowest BCUT2D eigenvalue weighted by Gasteiger charge is -2.03. The van der Waals surface area contributed by atoms with Gasteiger partial charge in [0, 0.05) is 11.3 Å². The lowest BCUT2D eigenvalue weighted by Crippen LogP contribution is -2.11. The van der Waals surface area contributed by atoms with Crippen LogP contribution in [0, 0.1) is 12.8 Å². The summed E-state index contributed by atoms with van der Waals surface area (Å²) in [6, 6.07) is 7.85. The third kappa shape index (κ3) is 3.84. The van der Waals surface area contributed by atoms with Gasteiger partial charge in [0.2, 0.25) is 11.8 Å². The van der Waals surface area contributed by atoms with Crippen LogP contribution in [0.2, 0.25) is 0 Å². The molecule has 1 unspecified atom stereocenters. The van der Waals surface area contributed by atoms with Crippen LogP contribution in [-0.4, -0.2) is 27.0 Å². The molecule has 2 rings (SSSR count). The molecule has 1 N–H and O–H groups in total. The Bertz CT molecular complexity index is 598. The monoisotopic (exact) mass is 292 g/mol. The maximum absolute atomic E-state index is 10.7. The van der Waals surface area contributed by atoms with Gasteiger partial charge in [-0.3, -0.25) is 4.79 Å². The number of thioether (sulfide) groups is 1. The molecule has 0 spiro atoms. The number of hydrogen-bond donors (Lipinski definition) is 1. The van der Waals surface area contributed by atoms with Gasteiger partial charge in [-0.1, -0.05) is 24.6 Å². The maximum atomic E-state index is 10.7. The van der Waals surface area contributed by atoms with Gasteiger partial charge < -0.3 is 9.52 Å². The van der Waals surface area contributed by atoms with Gasteiger partial charge >= 0.3 is 5.97 Å². The van der Waals surface area contributed by atoms with Gasteiger partial charge in [-0.05, 0) is 19.1 Å². The van der Waals surface area contributed by atoms with Crippen LogP contribution in [0.5, 0.6) is 0 Å². The summed E-state index contributed by atoms with van der Waals surface area (Å²) >= 11 is 1.48. The summed E-state index contributed by atoms with van der Waals surface area (Å²) in [6.07, 6.45) is 0. The smallest absolute Gasteiger partial charge is 0.307 e. The highest BCUT2D eigenvalue weighted by Gasteiger charge is 2.13. The molecule has 1 atom stereocenters. The zero-order valence-corrected chi connectivity index (χ0v) is 12.2. The molecule has 0 radical (unpaired) electrons. The molecule has 1 heterocycles. The first kappa shape index (κ1) is 14.6. The Hall–Kier alpha value is -1.82. The molecule has 1 aromatic carbocycles. The van der Waals surface area contributed by atoms with Crippen molar-refractivity contribution < 1.29 is 14.3 Å². The molecule has 106 valence electrons. The number of rotatable bonds is 6. The first-order chi connectivity index (χ1) is 9.56. The molecular formula is C14H16N2O3S. The zero-order valence-electron chi connectivity index (χ0n) is 11.4. The summed E-state index contributed by atoms with van der Waals surface area (Å²) in [4.78, 5) is 10.7. The Morgan fingerprint density at radius 2 is 2.25 bits per heavy atom. The largest absolute Gasteiger partial charge is 0.481 e. The van der Waals surface area contributed by atoms with E-state index in [1.807, 2.05) is 31.2 Å². The van der Waals surface area contributed by atoms with E-state index in [-0.39, 0.29) is 5.92 Å². The molecule has 0 aliphatic carbocycles. The molecule has 1 aromatic heterocycles. The second kappa shape index (κ2) is 6.56. The van der Waals surface area contributed by atoms with Crippen LogP contribution < -0.4 is 0 Å². The van der Waals surface area contributed by atoms with E-state index in [1.54, 1.807) is 6.92 Å². The molecular weight excluding hydrogens is 276 g/mol. The quantitative estimate of drug-likeness (QED) is 0.882. The SMILES string of the molecule is Cc1cccc(-c2nnc(CSCC(C)C(=O)O)o2)c1. The topological polar surface area (TPSA) is 76.2 Å². The minimum absolute atomic E-state index is 0.376. The van der Waals surface area contributed by atoms with E-state index in [0.717, 1.165) is 11.1 Å². The molecule has 0 aliphatic rings. The average Bonchev–Trinajstić information content (AvgIpc) is 2.87. The molecule has 6 heteroatoms. The third-order valence-electron chi connectivity index (χ3n) is 2.75. The fourth-order valence-electron chi connectivity index (χ4n) is 1.60. The van der Waals surface area contributed by atoms with Crippen LogP contribution in [0.25, 0.3) is 11.5 Å². The number of benzene rings is 1. The fourth-order valence-corrected chi connectivity index (χ4v) is 2.51. The van der Waals surface area contributed by atoms with Crippen LogP contribution >= 0.6 is 11.8 Å². The minimum Gasteiger partial charge on any atom is -0.481 e. The van der Waals surface area contributed by atoms with Crippen LogP contribution in [0.15, 0.2) is 28.7 Å². The summed E-state index contributed by atoms with van der Waals surface area (Å²) < 4.78 is 5.58. The van der Waals surface area contributed by atoms with Gasteiger partial charge in [0.1, 0.15) is 0 Å². The molecule has 5 nitrogen and oxygen atoms in total. The molecule has 0 fully saturated rings. The van der Waals surface area contributed by atoms with Crippen molar-refractivity contribution >= 4 is 17.7 Å². The molecule has 0 aliphatic heterocycles. The molecule has 0 saturated carbocycles. The summed E-state index contributed by atoms with van der Waals surface area (Å²) in [5.74, 6) is 0.899. The van der Waals surface area contributed by atoms with Crippen molar-refractivity contribution in [3.05, 3.63) is 35.7 Å². The van der Waals surface area contributed by atoms with Crippen LogP contribution in [-0.2, 0) is 10.5 Å². The standard InChI is InChI=1S/C14H16N2O3S/c1-9-4-3-5-11(6-9)13-16-15-12(19-13)8-20-7-10(2)14(17)18/h3-6,10H,7-8H2,1-2H3,(H,17,18). The Balaban J connectivity index is 1.94. The highest BCUT2D eigenvalue weighted by Crippen LogP contribution is 2.21. The van der Waals surface area contributed by atoms with Gasteiger partial charge in [0.05, 0.1) is 11.7 Å². The van der Waals surface area contributed by atoms with Crippen molar-refractivity contribution in [1.29, 1.82) is 0 Å². The van der Waals surface area contributed by atoms with Crippen molar-refractivity contribution in [3.63, 3.8) is 0 Å². The number of nitrogens with zero attached hydrogens (tertiary/aromatic N) is 2. The Labute approximate surface area is 121 Å². The third-order valence-corrected chi connectivity index (χ3v) is 3.93. The Morgan fingerprint density at radius 3 is 2.95 bits per heavy atom. The Kier molecular flexibility index (Phi) is 4.79. The minimum atomic E-state index is -0.788. The average molecular weight is 292 g/mol.